The van der Waals surface area contributed by atoms with E-state index in [2.05, 4.69) is 5.32 Å². The van der Waals surface area contributed by atoms with Crippen LogP contribution in [0.5, 0.6) is 5.75 Å². The van der Waals surface area contributed by atoms with E-state index >= 15 is 0 Å². The molecule has 1 fully saturated rings. The molecular weight excluding hydrogens is 204 g/mol. The van der Waals surface area contributed by atoms with Crippen LogP contribution < -0.4 is 15.6 Å². The third-order valence-electron chi connectivity index (χ3n) is 3.67. The van der Waals surface area contributed by atoms with E-state index in [0.29, 0.717) is 17.6 Å². The van der Waals surface area contributed by atoms with Crippen LogP contribution in [0.25, 0.3) is 0 Å². The second-order valence-corrected chi connectivity index (χ2v) is 4.73. The van der Waals surface area contributed by atoms with Gasteiger partial charge < -0.3 is 14.6 Å². The summed E-state index contributed by atoms with van der Waals surface area (Å²) in [4.78, 5) is 11.9. The predicted molar refractivity (Wildman–Crippen MR) is 61.0 cm³/mol. The van der Waals surface area contributed by atoms with Crippen LogP contribution in [0.1, 0.15) is 18.0 Å². The summed E-state index contributed by atoms with van der Waals surface area (Å²) in [7, 11) is 1.61. The second-order valence-electron chi connectivity index (χ2n) is 4.73. The van der Waals surface area contributed by atoms with Crippen LogP contribution in [-0.4, -0.2) is 24.8 Å². The van der Waals surface area contributed by atoms with Crippen LogP contribution >= 0.6 is 0 Å². The fourth-order valence-corrected chi connectivity index (χ4v) is 2.90. The lowest BCUT2D eigenvalue weighted by Gasteiger charge is -2.37. The molecule has 0 radical (unpaired) electrons. The number of methoxy groups -OCH3 is 1. The number of fused-ring (bicyclic) bond motifs is 4. The Morgan fingerprint density at radius 1 is 1.44 bits per heavy atom. The third kappa shape index (κ3) is 1.45. The highest BCUT2D eigenvalue weighted by molar-refractivity contribution is 5.28. The minimum absolute atomic E-state index is 0.0750. The van der Waals surface area contributed by atoms with Crippen LogP contribution in [0, 0.1) is 5.92 Å². The number of hydrogen-bond donors (Lipinski definition) is 1. The first-order valence-electron chi connectivity index (χ1n) is 5.77. The number of nitrogens with zero attached hydrogens (tertiary/aromatic N) is 1. The van der Waals surface area contributed by atoms with Gasteiger partial charge in [0.05, 0.1) is 7.11 Å². The fraction of sp³-hybridized carbons (Fsp3) is 0.583. The molecule has 2 aliphatic rings. The normalized spacial score (nSPS) is 27.3. The zero-order chi connectivity index (χ0) is 11.1. The number of hydrogen-bond acceptors (Lipinski definition) is 3. The van der Waals surface area contributed by atoms with Crippen molar-refractivity contribution in [3.63, 3.8) is 0 Å². The van der Waals surface area contributed by atoms with Gasteiger partial charge in [-0.2, -0.15) is 0 Å². The second kappa shape index (κ2) is 3.63. The summed E-state index contributed by atoms with van der Waals surface area (Å²) in [6, 6.07) is 3.59. The van der Waals surface area contributed by atoms with Crippen molar-refractivity contribution in [1.82, 2.24) is 9.88 Å². The Hall–Kier alpha value is -1.29. The Bertz CT molecular complexity index is 467. The first-order chi connectivity index (χ1) is 7.78. The largest absolute Gasteiger partial charge is 0.496 e. The summed E-state index contributed by atoms with van der Waals surface area (Å²) < 4.78 is 7.08. The topological polar surface area (TPSA) is 43.3 Å². The van der Waals surface area contributed by atoms with E-state index in [1.165, 1.54) is 6.42 Å². The molecule has 1 unspecified atom stereocenters. The molecule has 4 nitrogen and oxygen atoms in total. The maximum atomic E-state index is 11.9. The van der Waals surface area contributed by atoms with Crippen molar-refractivity contribution in [2.75, 3.05) is 20.2 Å². The molecule has 0 spiro atoms. The van der Waals surface area contributed by atoms with Crippen LogP contribution in [0.15, 0.2) is 16.9 Å². The van der Waals surface area contributed by atoms with Crippen molar-refractivity contribution in [2.45, 2.75) is 18.9 Å². The molecule has 2 bridgehead atoms. The Morgan fingerprint density at radius 3 is 3.12 bits per heavy atom. The fourth-order valence-electron chi connectivity index (χ4n) is 2.90. The van der Waals surface area contributed by atoms with Gasteiger partial charge >= 0.3 is 0 Å². The summed E-state index contributed by atoms with van der Waals surface area (Å²) in [5, 5.41) is 3.43. The van der Waals surface area contributed by atoms with E-state index in [-0.39, 0.29) is 5.56 Å². The molecule has 0 saturated carbocycles. The van der Waals surface area contributed by atoms with Gasteiger partial charge in [-0.05, 0) is 18.9 Å². The SMILES string of the molecule is COc1cc2n(c(=O)c1)CC1CNC[C@@H]2C1. The van der Waals surface area contributed by atoms with Gasteiger partial charge in [-0.3, -0.25) is 4.79 Å². The minimum atomic E-state index is 0.0750. The Balaban J connectivity index is 2.13. The number of ether oxygens (including phenoxy) is 1. The summed E-state index contributed by atoms with van der Waals surface area (Å²) in [6.07, 6.45) is 1.19. The molecule has 0 aliphatic carbocycles. The molecular formula is C12H16N2O2. The van der Waals surface area contributed by atoms with Gasteiger partial charge in [-0.25, -0.2) is 0 Å². The van der Waals surface area contributed by atoms with Gasteiger partial charge in [0, 0.05) is 36.8 Å². The Kier molecular flexibility index (Phi) is 2.24. The van der Waals surface area contributed by atoms with Crippen LogP contribution in [0.2, 0.25) is 0 Å². The molecule has 1 aromatic rings. The Morgan fingerprint density at radius 2 is 2.31 bits per heavy atom. The van der Waals surface area contributed by atoms with Crippen molar-refractivity contribution in [3.05, 3.63) is 28.2 Å². The van der Waals surface area contributed by atoms with Crippen LogP contribution in [-0.2, 0) is 6.54 Å². The van der Waals surface area contributed by atoms with Crippen molar-refractivity contribution in [2.24, 2.45) is 5.92 Å². The van der Waals surface area contributed by atoms with Crippen LogP contribution in [0.4, 0.5) is 0 Å². The lowest BCUT2D eigenvalue weighted by Crippen LogP contribution is -2.44. The van der Waals surface area contributed by atoms with Gasteiger partial charge in [0.2, 0.25) is 0 Å². The number of rotatable bonds is 1. The molecule has 3 rings (SSSR count). The summed E-state index contributed by atoms with van der Waals surface area (Å²) >= 11 is 0. The van der Waals surface area contributed by atoms with E-state index in [9.17, 15) is 4.79 Å². The monoisotopic (exact) mass is 220 g/mol. The van der Waals surface area contributed by atoms with E-state index < -0.39 is 0 Å². The summed E-state index contributed by atoms with van der Waals surface area (Å²) in [5.41, 5.74) is 1.21. The van der Waals surface area contributed by atoms with Crippen LogP contribution in [0.3, 0.4) is 0 Å². The van der Waals surface area contributed by atoms with Gasteiger partial charge in [0.1, 0.15) is 5.75 Å². The molecule has 3 heterocycles. The standard InChI is InChI=1S/C12H16N2O2/c1-16-10-3-11-9-2-8(5-13-6-9)7-14(11)12(15)4-10/h3-4,8-9,13H,2,5-7H2,1H3/t8?,9-/m0/s1. The number of nitrogens with one attached hydrogen (secondary N) is 1. The van der Waals surface area contributed by atoms with Crippen molar-refractivity contribution in [1.29, 1.82) is 0 Å². The van der Waals surface area contributed by atoms with Gasteiger partial charge in [0.25, 0.3) is 5.56 Å². The highest BCUT2D eigenvalue weighted by Crippen LogP contribution is 2.32. The van der Waals surface area contributed by atoms with E-state index in [4.69, 9.17) is 4.74 Å². The van der Waals surface area contributed by atoms with Gasteiger partial charge in [0.15, 0.2) is 0 Å². The molecule has 1 N–H and O–H groups in total. The van der Waals surface area contributed by atoms with Crippen molar-refractivity contribution in [3.8, 4) is 5.75 Å². The smallest absolute Gasteiger partial charge is 0.254 e. The molecule has 2 aliphatic heterocycles. The molecule has 2 atom stereocenters. The van der Waals surface area contributed by atoms with Gasteiger partial charge in [-0.1, -0.05) is 0 Å². The third-order valence-corrected chi connectivity index (χ3v) is 3.67. The average Bonchev–Trinajstić information content (AvgIpc) is 2.31. The predicted octanol–water partition coefficient (Wildman–Crippen LogP) is 0.564. The number of aromatic nitrogens is 1. The lowest BCUT2D eigenvalue weighted by molar-refractivity contribution is 0.255. The molecule has 4 heteroatoms. The maximum absolute atomic E-state index is 11.9. The first-order valence-corrected chi connectivity index (χ1v) is 5.77. The first kappa shape index (κ1) is 9.90. The molecule has 16 heavy (non-hydrogen) atoms. The zero-order valence-electron chi connectivity index (χ0n) is 9.40. The summed E-state index contributed by atoms with van der Waals surface area (Å²) in [5.74, 6) is 1.76. The quantitative estimate of drug-likeness (QED) is 0.752. The number of pyridine rings is 1. The molecule has 0 aromatic carbocycles. The van der Waals surface area contributed by atoms with E-state index in [1.807, 2.05) is 10.6 Å². The average molecular weight is 220 g/mol. The van der Waals surface area contributed by atoms with Gasteiger partial charge in [-0.15, -0.1) is 0 Å². The summed E-state index contributed by atoms with van der Waals surface area (Å²) in [6.45, 7) is 2.86. The van der Waals surface area contributed by atoms with E-state index in [1.54, 1.807) is 13.2 Å². The highest BCUT2D eigenvalue weighted by atomic mass is 16.5. The minimum Gasteiger partial charge on any atom is -0.496 e. The molecule has 1 saturated heterocycles. The maximum Gasteiger partial charge on any atom is 0.254 e. The van der Waals surface area contributed by atoms with Crippen molar-refractivity contribution < 1.29 is 4.74 Å². The van der Waals surface area contributed by atoms with Crippen molar-refractivity contribution >= 4 is 0 Å². The molecule has 1 aromatic heterocycles. The molecule has 0 amide bonds. The number of piperidine rings is 1. The Labute approximate surface area is 94.2 Å². The lowest BCUT2D eigenvalue weighted by atomic mass is 9.84. The molecule has 86 valence electrons. The zero-order valence-corrected chi connectivity index (χ0v) is 9.40. The highest BCUT2D eigenvalue weighted by Gasteiger charge is 2.31. The van der Waals surface area contributed by atoms with E-state index in [0.717, 1.165) is 25.3 Å².